The Labute approximate surface area is 171 Å². The number of hydrogen-bond acceptors (Lipinski definition) is 4. The summed E-state index contributed by atoms with van der Waals surface area (Å²) in [5.41, 5.74) is 3.66. The number of hydrogen-bond donors (Lipinski definition) is 0. The van der Waals surface area contributed by atoms with Crippen LogP contribution in [0.3, 0.4) is 0 Å². The van der Waals surface area contributed by atoms with Crippen LogP contribution in [0.1, 0.15) is 26.3 Å². The summed E-state index contributed by atoms with van der Waals surface area (Å²) >= 11 is 0. The third kappa shape index (κ3) is 4.43. The number of carbonyl (C=O) groups excluding carboxylic acids is 2. The van der Waals surface area contributed by atoms with Crippen molar-refractivity contribution in [3.63, 3.8) is 0 Å². The molecule has 2 aliphatic heterocycles. The van der Waals surface area contributed by atoms with Crippen molar-refractivity contribution >= 4 is 17.5 Å². The Morgan fingerprint density at radius 2 is 1.14 bits per heavy atom. The van der Waals surface area contributed by atoms with Gasteiger partial charge < -0.3 is 19.4 Å². The SMILES string of the molecule is Cc1ccc(C(=O)N2CCN(C(=O)c3ccc(N4CCOCC4)cc3)CC2)cc1. The van der Waals surface area contributed by atoms with E-state index in [4.69, 9.17) is 4.74 Å². The first-order valence-corrected chi connectivity index (χ1v) is 10.2. The molecule has 0 spiro atoms. The van der Waals surface area contributed by atoms with E-state index >= 15 is 0 Å². The fourth-order valence-electron chi connectivity index (χ4n) is 3.81. The Morgan fingerprint density at radius 1 is 0.690 bits per heavy atom. The standard InChI is InChI=1S/C23H27N3O3/c1-18-2-4-19(5-3-18)22(27)25-10-12-26(13-11-25)23(28)20-6-8-21(9-7-20)24-14-16-29-17-15-24/h2-9H,10-17H2,1H3. The van der Waals surface area contributed by atoms with Gasteiger partial charge >= 0.3 is 0 Å². The van der Waals surface area contributed by atoms with Gasteiger partial charge in [-0.15, -0.1) is 0 Å². The van der Waals surface area contributed by atoms with Crippen LogP contribution < -0.4 is 4.90 Å². The molecule has 2 heterocycles. The second-order valence-electron chi connectivity index (χ2n) is 7.60. The molecule has 0 bridgehead atoms. The van der Waals surface area contributed by atoms with Gasteiger partial charge in [0.1, 0.15) is 0 Å². The molecule has 2 amide bonds. The molecule has 152 valence electrons. The maximum atomic E-state index is 12.9. The lowest BCUT2D eigenvalue weighted by Crippen LogP contribution is -2.50. The molecule has 6 nitrogen and oxygen atoms in total. The quantitative estimate of drug-likeness (QED) is 0.804. The summed E-state index contributed by atoms with van der Waals surface area (Å²) in [5.74, 6) is 0.0629. The number of piperazine rings is 1. The fraction of sp³-hybridized carbons (Fsp3) is 0.391. The number of carbonyl (C=O) groups is 2. The maximum Gasteiger partial charge on any atom is 0.253 e. The van der Waals surface area contributed by atoms with Crippen molar-refractivity contribution in [2.75, 3.05) is 57.4 Å². The number of nitrogens with zero attached hydrogens (tertiary/aromatic N) is 3. The first-order valence-electron chi connectivity index (χ1n) is 10.2. The summed E-state index contributed by atoms with van der Waals surface area (Å²) in [6, 6.07) is 15.5. The number of morpholine rings is 1. The lowest BCUT2D eigenvalue weighted by Gasteiger charge is -2.35. The average Bonchev–Trinajstić information content (AvgIpc) is 2.79. The van der Waals surface area contributed by atoms with E-state index in [0.29, 0.717) is 37.3 Å². The number of ether oxygens (including phenoxy) is 1. The van der Waals surface area contributed by atoms with Crippen molar-refractivity contribution < 1.29 is 14.3 Å². The molecule has 2 fully saturated rings. The van der Waals surface area contributed by atoms with E-state index < -0.39 is 0 Å². The molecule has 2 aliphatic rings. The van der Waals surface area contributed by atoms with Crippen molar-refractivity contribution in [2.45, 2.75) is 6.92 Å². The van der Waals surface area contributed by atoms with Crippen LogP contribution in [0, 0.1) is 6.92 Å². The molecule has 0 N–H and O–H groups in total. The van der Waals surface area contributed by atoms with Crippen LogP contribution in [0.15, 0.2) is 48.5 Å². The second kappa shape index (κ2) is 8.66. The summed E-state index contributed by atoms with van der Waals surface area (Å²) in [4.78, 5) is 31.5. The normalized spacial score (nSPS) is 17.3. The van der Waals surface area contributed by atoms with Crippen molar-refractivity contribution in [1.82, 2.24) is 9.80 Å². The molecular weight excluding hydrogens is 366 g/mol. The Bertz CT molecular complexity index is 850. The molecule has 0 aliphatic carbocycles. The second-order valence-corrected chi connectivity index (χ2v) is 7.60. The zero-order valence-corrected chi connectivity index (χ0v) is 16.8. The average molecular weight is 393 g/mol. The highest BCUT2D eigenvalue weighted by molar-refractivity contribution is 5.96. The highest BCUT2D eigenvalue weighted by Gasteiger charge is 2.25. The van der Waals surface area contributed by atoms with Gasteiger partial charge in [0, 0.05) is 56.1 Å². The summed E-state index contributed by atoms with van der Waals surface area (Å²) in [6.45, 7) is 7.48. The third-order valence-electron chi connectivity index (χ3n) is 5.64. The molecule has 2 aromatic carbocycles. The lowest BCUT2D eigenvalue weighted by molar-refractivity contribution is 0.0535. The minimum absolute atomic E-state index is 0.0287. The van der Waals surface area contributed by atoms with Gasteiger partial charge in [0.25, 0.3) is 11.8 Å². The molecule has 2 saturated heterocycles. The van der Waals surface area contributed by atoms with E-state index in [9.17, 15) is 9.59 Å². The third-order valence-corrected chi connectivity index (χ3v) is 5.64. The van der Waals surface area contributed by atoms with Crippen molar-refractivity contribution in [3.05, 3.63) is 65.2 Å². The Morgan fingerprint density at radius 3 is 1.62 bits per heavy atom. The highest BCUT2D eigenvalue weighted by atomic mass is 16.5. The van der Waals surface area contributed by atoms with Crippen LogP contribution in [0.2, 0.25) is 0 Å². The van der Waals surface area contributed by atoms with Crippen LogP contribution in [-0.4, -0.2) is 74.1 Å². The fourth-order valence-corrected chi connectivity index (χ4v) is 3.81. The van der Waals surface area contributed by atoms with E-state index in [1.54, 1.807) is 0 Å². The van der Waals surface area contributed by atoms with Crippen LogP contribution in [0.5, 0.6) is 0 Å². The number of anilines is 1. The molecule has 29 heavy (non-hydrogen) atoms. The largest absolute Gasteiger partial charge is 0.378 e. The van der Waals surface area contributed by atoms with Gasteiger partial charge in [-0.05, 0) is 43.3 Å². The highest BCUT2D eigenvalue weighted by Crippen LogP contribution is 2.18. The number of benzene rings is 2. The number of rotatable bonds is 3. The van der Waals surface area contributed by atoms with E-state index in [2.05, 4.69) is 4.90 Å². The predicted octanol–water partition coefficient (Wildman–Crippen LogP) is 2.43. The summed E-state index contributed by atoms with van der Waals surface area (Å²) in [7, 11) is 0. The monoisotopic (exact) mass is 393 g/mol. The summed E-state index contributed by atoms with van der Waals surface area (Å²) in [6.07, 6.45) is 0. The summed E-state index contributed by atoms with van der Waals surface area (Å²) < 4.78 is 5.39. The van der Waals surface area contributed by atoms with E-state index in [0.717, 1.165) is 37.6 Å². The lowest BCUT2D eigenvalue weighted by atomic mass is 10.1. The first-order chi connectivity index (χ1) is 14.1. The van der Waals surface area contributed by atoms with Crippen molar-refractivity contribution in [2.24, 2.45) is 0 Å². The Kier molecular flexibility index (Phi) is 5.81. The van der Waals surface area contributed by atoms with Crippen molar-refractivity contribution in [3.8, 4) is 0 Å². The molecule has 2 aromatic rings. The van der Waals surface area contributed by atoms with Gasteiger partial charge in [-0.1, -0.05) is 17.7 Å². The molecule has 0 saturated carbocycles. The van der Waals surface area contributed by atoms with Gasteiger partial charge in [0.2, 0.25) is 0 Å². The van der Waals surface area contributed by atoms with Crippen LogP contribution in [-0.2, 0) is 4.74 Å². The molecule has 0 unspecified atom stereocenters. The van der Waals surface area contributed by atoms with Gasteiger partial charge in [-0.2, -0.15) is 0 Å². The van der Waals surface area contributed by atoms with Crippen LogP contribution in [0.4, 0.5) is 5.69 Å². The molecule has 0 atom stereocenters. The Hall–Kier alpha value is -2.86. The zero-order chi connectivity index (χ0) is 20.2. The molecule has 4 rings (SSSR count). The van der Waals surface area contributed by atoms with Crippen LogP contribution in [0.25, 0.3) is 0 Å². The number of amides is 2. The van der Waals surface area contributed by atoms with Crippen LogP contribution >= 0.6 is 0 Å². The molecule has 6 heteroatoms. The summed E-state index contributed by atoms with van der Waals surface area (Å²) in [5, 5.41) is 0. The number of aryl methyl sites for hydroxylation is 1. The van der Waals surface area contributed by atoms with E-state index in [-0.39, 0.29) is 11.8 Å². The van der Waals surface area contributed by atoms with E-state index in [1.807, 2.05) is 65.3 Å². The minimum atomic E-state index is 0.0287. The topological polar surface area (TPSA) is 53.1 Å². The van der Waals surface area contributed by atoms with E-state index in [1.165, 1.54) is 0 Å². The molecular formula is C23H27N3O3. The minimum Gasteiger partial charge on any atom is -0.378 e. The van der Waals surface area contributed by atoms with Crippen molar-refractivity contribution in [1.29, 1.82) is 0 Å². The van der Waals surface area contributed by atoms with Gasteiger partial charge in [0.05, 0.1) is 13.2 Å². The van der Waals surface area contributed by atoms with Gasteiger partial charge in [-0.3, -0.25) is 9.59 Å². The molecule has 0 aromatic heterocycles. The maximum absolute atomic E-state index is 12.9. The molecule has 0 radical (unpaired) electrons. The smallest absolute Gasteiger partial charge is 0.253 e. The first kappa shape index (κ1) is 19.5. The Balaban J connectivity index is 1.33. The predicted molar refractivity (Wildman–Crippen MR) is 112 cm³/mol. The van der Waals surface area contributed by atoms with Gasteiger partial charge in [0.15, 0.2) is 0 Å². The zero-order valence-electron chi connectivity index (χ0n) is 16.8. The van der Waals surface area contributed by atoms with Gasteiger partial charge in [-0.25, -0.2) is 0 Å².